The van der Waals surface area contributed by atoms with Gasteiger partial charge in [0.2, 0.25) is 5.91 Å². The number of carbonyl (C=O) groups is 4. The Bertz CT molecular complexity index is 511. The predicted molar refractivity (Wildman–Crippen MR) is 88.8 cm³/mol. The molecule has 142 valence electrons. The van der Waals surface area contributed by atoms with Crippen molar-refractivity contribution in [3.63, 3.8) is 0 Å². The first-order chi connectivity index (χ1) is 11.5. The molecule has 2 amide bonds. The predicted octanol–water partition coefficient (Wildman–Crippen LogP) is 0.978. The molecule has 0 saturated carbocycles. The second-order valence-corrected chi connectivity index (χ2v) is 6.24. The molecule has 0 aliphatic carbocycles. The van der Waals surface area contributed by atoms with E-state index in [1.54, 1.807) is 20.8 Å². The highest BCUT2D eigenvalue weighted by atomic mass is 16.6. The van der Waals surface area contributed by atoms with Gasteiger partial charge in [0.15, 0.2) is 0 Å². The smallest absolute Gasteiger partial charge is 0.408 e. The fourth-order valence-corrected chi connectivity index (χ4v) is 1.77. The van der Waals surface area contributed by atoms with E-state index >= 15 is 0 Å². The van der Waals surface area contributed by atoms with Crippen molar-refractivity contribution < 1.29 is 33.8 Å². The first-order valence-corrected chi connectivity index (χ1v) is 7.70. The average molecular weight is 358 g/mol. The van der Waals surface area contributed by atoms with Crippen molar-refractivity contribution >= 4 is 23.9 Å². The number of hydrogen-bond acceptors (Lipinski definition) is 6. The van der Waals surface area contributed by atoms with Crippen molar-refractivity contribution in [1.29, 1.82) is 0 Å². The molecule has 0 aliphatic heterocycles. The quantitative estimate of drug-likeness (QED) is 0.413. The van der Waals surface area contributed by atoms with Crippen LogP contribution in [0.4, 0.5) is 4.79 Å². The van der Waals surface area contributed by atoms with Gasteiger partial charge in [0.05, 0.1) is 7.11 Å². The second-order valence-electron chi connectivity index (χ2n) is 6.24. The molecule has 0 saturated heterocycles. The molecule has 3 N–H and O–H groups in total. The Hall–Kier alpha value is -2.58. The standard InChI is InChI=1S/C16H26N2O7/c1-6-7-11(14(22)24-5)17-12(19)9-8-10(13(20)21)18-15(23)25-16(2,3)4/h6,10-11H,1,7-9H2,2-5H3,(H,17,19)(H,18,23)(H,20,21)/t10-,11?/m0/s1. The summed E-state index contributed by atoms with van der Waals surface area (Å²) in [5, 5.41) is 13.8. The van der Waals surface area contributed by atoms with Gasteiger partial charge < -0.3 is 25.2 Å². The van der Waals surface area contributed by atoms with Crippen LogP contribution in [0.25, 0.3) is 0 Å². The summed E-state index contributed by atoms with van der Waals surface area (Å²) in [6.45, 7) is 8.41. The Labute approximate surface area is 146 Å². The lowest BCUT2D eigenvalue weighted by Crippen LogP contribution is -2.45. The fourth-order valence-electron chi connectivity index (χ4n) is 1.77. The number of amides is 2. The number of alkyl carbamates (subject to hydrolysis) is 1. The number of methoxy groups -OCH3 is 1. The molecule has 0 aromatic carbocycles. The van der Waals surface area contributed by atoms with E-state index in [1.165, 1.54) is 13.2 Å². The van der Waals surface area contributed by atoms with Crippen LogP contribution in [0.1, 0.15) is 40.0 Å². The number of aliphatic carboxylic acids is 1. The summed E-state index contributed by atoms with van der Waals surface area (Å²) in [6, 6.07) is -2.19. The van der Waals surface area contributed by atoms with E-state index in [-0.39, 0.29) is 19.3 Å². The Kier molecular flexibility index (Phi) is 9.25. The van der Waals surface area contributed by atoms with Gasteiger partial charge >= 0.3 is 18.0 Å². The maximum absolute atomic E-state index is 11.9. The molecule has 2 atom stereocenters. The molecular formula is C16H26N2O7. The van der Waals surface area contributed by atoms with Crippen LogP contribution in [0.5, 0.6) is 0 Å². The number of carboxylic acids is 1. The van der Waals surface area contributed by atoms with Crippen molar-refractivity contribution in [3.05, 3.63) is 12.7 Å². The van der Waals surface area contributed by atoms with Crippen LogP contribution in [-0.4, -0.2) is 53.8 Å². The number of hydrogen-bond donors (Lipinski definition) is 3. The average Bonchev–Trinajstić information content (AvgIpc) is 2.48. The van der Waals surface area contributed by atoms with Gasteiger partial charge in [-0.1, -0.05) is 6.08 Å². The fraction of sp³-hybridized carbons (Fsp3) is 0.625. The minimum Gasteiger partial charge on any atom is -0.480 e. The first kappa shape index (κ1) is 22.4. The van der Waals surface area contributed by atoms with Crippen molar-refractivity contribution in [2.75, 3.05) is 7.11 Å². The Morgan fingerprint density at radius 1 is 1.16 bits per heavy atom. The van der Waals surface area contributed by atoms with Crippen LogP contribution in [0.3, 0.4) is 0 Å². The third-order valence-corrected chi connectivity index (χ3v) is 2.87. The van der Waals surface area contributed by atoms with Gasteiger partial charge in [-0.3, -0.25) is 4.79 Å². The monoisotopic (exact) mass is 358 g/mol. The summed E-state index contributed by atoms with van der Waals surface area (Å²) >= 11 is 0. The summed E-state index contributed by atoms with van der Waals surface area (Å²) in [5.74, 6) is -2.47. The van der Waals surface area contributed by atoms with Crippen LogP contribution in [0, 0.1) is 0 Å². The van der Waals surface area contributed by atoms with Crippen molar-refractivity contribution in [2.45, 2.75) is 57.7 Å². The second kappa shape index (κ2) is 10.3. The minimum atomic E-state index is -1.30. The van der Waals surface area contributed by atoms with Crippen molar-refractivity contribution in [1.82, 2.24) is 10.6 Å². The maximum Gasteiger partial charge on any atom is 0.408 e. The molecule has 1 unspecified atom stereocenters. The summed E-state index contributed by atoms with van der Waals surface area (Å²) < 4.78 is 9.54. The number of nitrogens with one attached hydrogen (secondary N) is 2. The molecule has 0 aromatic heterocycles. The van der Waals surface area contributed by atoms with Crippen LogP contribution in [0.15, 0.2) is 12.7 Å². The topological polar surface area (TPSA) is 131 Å². The zero-order chi connectivity index (χ0) is 19.6. The number of ether oxygens (including phenoxy) is 2. The van der Waals surface area contributed by atoms with Gasteiger partial charge in [-0.15, -0.1) is 6.58 Å². The lowest BCUT2D eigenvalue weighted by molar-refractivity contribution is -0.145. The minimum absolute atomic E-state index is 0.164. The molecule has 0 aliphatic rings. The molecule has 25 heavy (non-hydrogen) atoms. The van der Waals surface area contributed by atoms with Crippen molar-refractivity contribution in [2.24, 2.45) is 0 Å². The molecule has 0 rings (SSSR count). The highest BCUT2D eigenvalue weighted by Crippen LogP contribution is 2.08. The zero-order valence-electron chi connectivity index (χ0n) is 15.0. The largest absolute Gasteiger partial charge is 0.480 e. The molecule has 0 bridgehead atoms. The van der Waals surface area contributed by atoms with Gasteiger partial charge in [0.1, 0.15) is 17.7 Å². The number of carbonyl (C=O) groups excluding carboxylic acids is 3. The van der Waals surface area contributed by atoms with E-state index in [9.17, 15) is 19.2 Å². The zero-order valence-corrected chi connectivity index (χ0v) is 15.0. The van der Waals surface area contributed by atoms with E-state index in [1.807, 2.05) is 0 Å². The summed E-state index contributed by atoms with van der Waals surface area (Å²) in [4.78, 5) is 46.3. The SMILES string of the molecule is C=CCC(NC(=O)CC[C@H](NC(=O)OC(C)(C)C)C(=O)O)C(=O)OC. The molecule has 0 heterocycles. The van der Waals surface area contributed by atoms with Crippen LogP contribution >= 0.6 is 0 Å². The molecule has 0 aromatic rings. The van der Waals surface area contributed by atoms with Gasteiger partial charge in [0, 0.05) is 6.42 Å². The maximum atomic E-state index is 11.9. The molecule has 9 nitrogen and oxygen atoms in total. The number of rotatable bonds is 9. The van der Waals surface area contributed by atoms with Crippen LogP contribution in [-0.2, 0) is 23.9 Å². The highest BCUT2D eigenvalue weighted by molar-refractivity contribution is 5.85. The Morgan fingerprint density at radius 2 is 1.76 bits per heavy atom. The van der Waals surface area contributed by atoms with E-state index < -0.39 is 41.6 Å². The van der Waals surface area contributed by atoms with E-state index in [4.69, 9.17) is 9.84 Å². The van der Waals surface area contributed by atoms with Gasteiger partial charge in [-0.2, -0.15) is 0 Å². The van der Waals surface area contributed by atoms with E-state index in [0.29, 0.717) is 0 Å². The first-order valence-electron chi connectivity index (χ1n) is 7.70. The Morgan fingerprint density at radius 3 is 2.20 bits per heavy atom. The molecule has 0 radical (unpaired) electrons. The molecule has 0 spiro atoms. The summed E-state index contributed by atoms with van der Waals surface area (Å²) in [6.07, 6.45) is 0.363. The molecule has 0 fully saturated rings. The Balaban J connectivity index is 4.62. The normalized spacial score (nSPS) is 13.1. The van der Waals surface area contributed by atoms with Gasteiger partial charge in [-0.25, -0.2) is 14.4 Å². The lowest BCUT2D eigenvalue weighted by Gasteiger charge is -2.22. The van der Waals surface area contributed by atoms with Crippen LogP contribution in [0.2, 0.25) is 0 Å². The van der Waals surface area contributed by atoms with Crippen LogP contribution < -0.4 is 10.6 Å². The summed E-state index contributed by atoms with van der Waals surface area (Å²) in [7, 11) is 1.19. The van der Waals surface area contributed by atoms with Crippen molar-refractivity contribution in [3.8, 4) is 0 Å². The van der Waals surface area contributed by atoms with E-state index in [0.717, 1.165) is 0 Å². The highest BCUT2D eigenvalue weighted by Gasteiger charge is 2.26. The van der Waals surface area contributed by atoms with Gasteiger partial charge in [0.25, 0.3) is 0 Å². The van der Waals surface area contributed by atoms with E-state index in [2.05, 4.69) is 21.9 Å². The lowest BCUT2D eigenvalue weighted by atomic mass is 10.1. The summed E-state index contributed by atoms with van der Waals surface area (Å²) in [5.41, 5.74) is -0.775. The molecule has 9 heteroatoms. The number of carboxylic acid groups (broad SMARTS) is 1. The third-order valence-electron chi connectivity index (χ3n) is 2.87. The molecular weight excluding hydrogens is 332 g/mol. The third kappa shape index (κ3) is 10.0. The van der Waals surface area contributed by atoms with Gasteiger partial charge in [-0.05, 0) is 33.6 Å². The number of esters is 1.